The second-order valence-corrected chi connectivity index (χ2v) is 4.35. The van der Waals surface area contributed by atoms with Gasteiger partial charge in [-0.3, -0.25) is 4.79 Å². The average molecular weight is 281 g/mol. The van der Waals surface area contributed by atoms with E-state index in [2.05, 4.69) is 15.6 Å². The molecule has 20 heavy (non-hydrogen) atoms. The van der Waals surface area contributed by atoms with E-state index >= 15 is 0 Å². The molecule has 0 bridgehead atoms. The number of carboxylic acid groups (broad SMARTS) is 1. The van der Waals surface area contributed by atoms with Crippen molar-refractivity contribution >= 4 is 17.8 Å². The van der Waals surface area contributed by atoms with Crippen LogP contribution in [0.15, 0.2) is 24.4 Å². The molecule has 110 valence electrons. The number of pyridine rings is 1. The smallest absolute Gasteiger partial charge is 0.404 e. The second kappa shape index (κ2) is 8.11. The van der Waals surface area contributed by atoms with Crippen LogP contribution in [0.5, 0.6) is 0 Å². The summed E-state index contributed by atoms with van der Waals surface area (Å²) in [6.07, 6.45) is 0.715. The molecule has 0 radical (unpaired) electrons. The van der Waals surface area contributed by atoms with Crippen LogP contribution in [0.1, 0.15) is 26.2 Å². The summed E-state index contributed by atoms with van der Waals surface area (Å²) in [6, 6.07) is 4.13. The molecular formula is C13H19N3O4. The lowest BCUT2D eigenvalue weighted by molar-refractivity contribution is -0.125. The number of carbonyl (C=O) groups excluding carboxylic acids is 1. The number of nitrogens with zero attached hydrogens (tertiary/aromatic N) is 1. The van der Waals surface area contributed by atoms with Gasteiger partial charge in [0.1, 0.15) is 5.82 Å². The summed E-state index contributed by atoms with van der Waals surface area (Å²) < 4.78 is 0. The summed E-state index contributed by atoms with van der Waals surface area (Å²) in [5, 5.41) is 23.3. The molecule has 7 nitrogen and oxygen atoms in total. The Hall–Kier alpha value is -2.15. The van der Waals surface area contributed by atoms with Gasteiger partial charge in [0.05, 0.1) is 6.04 Å². The van der Waals surface area contributed by atoms with Crippen LogP contribution in [-0.4, -0.2) is 39.3 Å². The highest BCUT2D eigenvalue weighted by atomic mass is 16.4. The maximum Gasteiger partial charge on any atom is 0.404 e. The van der Waals surface area contributed by atoms with Crippen molar-refractivity contribution < 1.29 is 19.8 Å². The zero-order valence-corrected chi connectivity index (χ0v) is 11.2. The number of unbranched alkanes of at least 4 members (excludes halogenated alkanes) is 1. The molecule has 0 saturated carbocycles. The molecule has 4 N–H and O–H groups in total. The lowest BCUT2D eigenvalue weighted by atomic mass is 10.0. The van der Waals surface area contributed by atoms with Gasteiger partial charge in [0, 0.05) is 6.20 Å². The fourth-order valence-electron chi connectivity index (χ4n) is 1.71. The Kier molecular flexibility index (Phi) is 6.45. The van der Waals surface area contributed by atoms with E-state index < -0.39 is 24.1 Å². The van der Waals surface area contributed by atoms with E-state index in [0.717, 1.165) is 6.42 Å². The maximum atomic E-state index is 11.9. The summed E-state index contributed by atoms with van der Waals surface area (Å²) in [5.74, 6) is -0.375. The summed E-state index contributed by atoms with van der Waals surface area (Å²) >= 11 is 0. The number of hydrogen-bond donors (Lipinski definition) is 4. The minimum atomic E-state index is -1.46. The third kappa shape index (κ3) is 5.23. The summed E-state index contributed by atoms with van der Waals surface area (Å²) in [4.78, 5) is 26.5. The van der Waals surface area contributed by atoms with Crippen LogP contribution in [0.4, 0.5) is 10.6 Å². The molecule has 1 aromatic rings. The van der Waals surface area contributed by atoms with Gasteiger partial charge in [-0.15, -0.1) is 0 Å². The fourth-order valence-corrected chi connectivity index (χ4v) is 1.71. The highest BCUT2D eigenvalue weighted by molar-refractivity contribution is 5.93. The monoisotopic (exact) mass is 281 g/mol. The molecule has 0 spiro atoms. The lowest BCUT2D eigenvalue weighted by Crippen LogP contribution is -2.48. The first-order valence-corrected chi connectivity index (χ1v) is 6.44. The van der Waals surface area contributed by atoms with Gasteiger partial charge < -0.3 is 20.8 Å². The molecule has 0 aromatic carbocycles. The van der Waals surface area contributed by atoms with Gasteiger partial charge in [0.15, 0.2) is 6.10 Å². The number of aromatic nitrogens is 1. The van der Waals surface area contributed by atoms with E-state index in [1.807, 2.05) is 6.92 Å². The van der Waals surface area contributed by atoms with Crippen LogP contribution in [0.25, 0.3) is 0 Å². The minimum absolute atomic E-state index is 0.307. The van der Waals surface area contributed by atoms with Crippen LogP contribution in [-0.2, 0) is 4.79 Å². The number of nitrogens with one attached hydrogen (secondary N) is 2. The number of carbonyl (C=O) groups is 2. The summed E-state index contributed by atoms with van der Waals surface area (Å²) in [7, 11) is 0. The van der Waals surface area contributed by atoms with Gasteiger partial charge in [-0.1, -0.05) is 25.8 Å². The van der Waals surface area contributed by atoms with Crippen molar-refractivity contribution in [2.45, 2.75) is 38.3 Å². The van der Waals surface area contributed by atoms with Crippen molar-refractivity contribution in [1.29, 1.82) is 0 Å². The van der Waals surface area contributed by atoms with Crippen LogP contribution < -0.4 is 10.6 Å². The molecule has 0 saturated heterocycles. The predicted molar refractivity (Wildman–Crippen MR) is 73.3 cm³/mol. The SMILES string of the molecule is CCCCC(NC(=O)O)[C@H](O)C(=O)Nc1ccccn1. The first kappa shape index (κ1) is 15.9. The van der Waals surface area contributed by atoms with E-state index in [9.17, 15) is 14.7 Å². The van der Waals surface area contributed by atoms with Crippen molar-refractivity contribution in [2.75, 3.05) is 5.32 Å². The first-order chi connectivity index (χ1) is 9.54. The topological polar surface area (TPSA) is 112 Å². The van der Waals surface area contributed by atoms with Gasteiger partial charge >= 0.3 is 6.09 Å². The van der Waals surface area contributed by atoms with Gasteiger partial charge in [0.2, 0.25) is 0 Å². The zero-order valence-electron chi connectivity index (χ0n) is 11.2. The molecule has 0 fully saturated rings. The van der Waals surface area contributed by atoms with E-state index in [4.69, 9.17) is 5.11 Å². The molecule has 0 aliphatic rings. The van der Waals surface area contributed by atoms with Gasteiger partial charge in [0.25, 0.3) is 5.91 Å². The largest absolute Gasteiger partial charge is 0.465 e. The number of aliphatic hydroxyl groups is 1. The van der Waals surface area contributed by atoms with E-state index in [-0.39, 0.29) is 0 Å². The van der Waals surface area contributed by atoms with Gasteiger partial charge in [-0.05, 0) is 18.6 Å². The van der Waals surface area contributed by atoms with Crippen molar-refractivity contribution in [1.82, 2.24) is 10.3 Å². The van der Waals surface area contributed by atoms with E-state index in [1.165, 1.54) is 6.20 Å². The minimum Gasteiger partial charge on any atom is -0.465 e. The number of hydrogen-bond acceptors (Lipinski definition) is 4. The normalized spacial score (nSPS) is 13.3. The van der Waals surface area contributed by atoms with E-state index in [1.54, 1.807) is 18.2 Å². The van der Waals surface area contributed by atoms with Crippen LogP contribution in [0, 0.1) is 0 Å². The van der Waals surface area contributed by atoms with Gasteiger partial charge in [-0.2, -0.15) is 0 Å². The van der Waals surface area contributed by atoms with Crippen molar-refractivity contribution in [3.63, 3.8) is 0 Å². The highest BCUT2D eigenvalue weighted by Crippen LogP contribution is 2.08. The third-order valence-electron chi connectivity index (χ3n) is 2.74. The quantitative estimate of drug-likeness (QED) is 0.600. The average Bonchev–Trinajstić information content (AvgIpc) is 2.43. The molecule has 2 amide bonds. The number of anilines is 1. The van der Waals surface area contributed by atoms with Crippen molar-refractivity contribution in [3.8, 4) is 0 Å². The Bertz CT molecular complexity index is 439. The number of amides is 2. The highest BCUT2D eigenvalue weighted by Gasteiger charge is 2.27. The Morgan fingerprint density at radius 1 is 1.40 bits per heavy atom. The Labute approximate surface area is 117 Å². The summed E-state index contributed by atoms with van der Waals surface area (Å²) in [5.41, 5.74) is 0. The molecule has 1 aromatic heterocycles. The Balaban J connectivity index is 2.64. The molecule has 1 rings (SSSR count). The molecule has 0 aliphatic heterocycles. The molecular weight excluding hydrogens is 262 g/mol. The molecule has 1 unspecified atom stereocenters. The van der Waals surface area contributed by atoms with Crippen molar-refractivity contribution in [2.24, 2.45) is 0 Å². The molecule has 7 heteroatoms. The van der Waals surface area contributed by atoms with Crippen LogP contribution in [0.3, 0.4) is 0 Å². The molecule has 1 heterocycles. The lowest BCUT2D eigenvalue weighted by Gasteiger charge is -2.21. The zero-order chi connectivity index (χ0) is 15.0. The molecule has 2 atom stereocenters. The first-order valence-electron chi connectivity index (χ1n) is 6.44. The third-order valence-corrected chi connectivity index (χ3v) is 2.74. The summed E-state index contributed by atoms with van der Waals surface area (Å²) in [6.45, 7) is 1.94. The van der Waals surface area contributed by atoms with E-state index in [0.29, 0.717) is 18.7 Å². The second-order valence-electron chi connectivity index (χ2n) is 4.35. The Morgan fingerprint density at radius 3 is 2.70 bits per heavy atom. The fraction of sp³-hybridized carbons (Fsp3) is 0.462. The Morgan fingerprint density at radius 2 is 2.15 bits per heavy atom. The van der Waals surface area contributed by atoms with Crippen molar-refractivity contribution in [3.05, 3.63) is 24.4 Å². The van der Waals surface area contributed by atoms with Crippen LogP contribution in [0.2, 0.25) is 0 Å². The van der Waals surface area contributed by atoms with Gasteiger partial charge in [-0.25, -0.2) is 9.78 Å². The predicted octanol–water partition coefficient (Wildman–Crippen LogP) is 1.21. The number of aliphatic hydroxyl groups excluding tert-OH is 1. The standard InChI is InChI=1S/C13H19N3O4/c1-2-3-6-9(15-13(19)20)11(17)12(18)16-10-7-4-5-8-14-10/h4-5,7-9,11,15,17H,2-3,6H2,1H3,(H,19,20)(H,14,16,18)/t9?,11-/m0/s1. The maximum absolute atomic E-state index is 11.9. The number of rotatable bonds is 7. The molecule has 0 aliphatic carbocycles. The van der Waals surface area contributed by atoms with Crippen LogP contribution >= 0.6 is 0 Å².